The maximum atomic E-state index is 9.95. The summed E-state index contributed by atoms with van der Waals surface area (Å²) in [7, 11) is 3.66. The number of methoxy groups -OCH3 is 1. The quantitative estimate of drug-likeness (QED) is 0.908. The summed E-state index contributed by atoms with van der Waals surface area (Å²) in [6, 6.07) is 15.3. The molecule has 19 heavy (non-hydrogen) atoms. The molecule has 0 aromatic heterocycles. The molecule has 0 fully saturated rings. The Hall–Kier alpha value is -2.16. The van der Waals surface area contributed by atoms with E-state index in [1.54, 1.807) is 13.2 Å². The van der Waals surface area contributed by atoms with Crippen molar-refractivity contribution < 1.29 is 9.84 Å². The number of benzene rings is 2. The largest absolute Gasteiger partial charge is 0.508 e. The van der Waals surface area contributed by atoms with E-state index in [4.69, 9.17) is 4.74 Å². The highest BCUT2D eigenvalue weighted by Gasteiger charge is 2.17. The number of phenols is 1. The monoisotopic (exact) mass is 257 g/mol. The molecule has 3 nitrogen and oxygen atoms in total. The number of hydrogen-bond donors (Lipinski definition) is 1. The highest BCUT2D eigenvalue weighted by atomic mass is 16.5. The highest BCUT2D eigenvalue weighted by molar-refractivity contribution is 5.59. The van der Waals surface area contributed by atoms with Crippen LogP contribution in [0.2, 0.25) is 0 Å². The molecule has 0 amide bonds. The van der Waals surface area contributed by atoms with Crippen molar-refractivity contribution in [2.45, 2.75) is 13.0 Å². The van der Waals surface area contributed by atoms with Crippen molar-refractivity contribution in [1.29, 1.82) is 0 Å². The molecular formula is C16H19NO2. The van der Waals surface area contributed by atoms with E-state index in [9.17, 15) is 5.11 Å². The molecule has 0 spiro atoms. The molecule has 1 atom stereocenters. The minimum atomic E-state index is 0.0532. The van der Waals surface area contributed by atoms with Gasteiger partial charge in [0.2, 0.25) is 0 Å². The molecule has 1 unspecified atom stereocenters. The molecule has 2 aromatic rings. The number of aromatic hydroxyl groups is 1. The first-order valence-electron chi connectivity index (χ1n) is 6.29. The first kappa shape index (κ1) is 13.3. The van der Waals surface area contributed by atoms with E-state index < -0.39 is 0 Å². The Labute approximate surface area is 114 Å². The highest BCUT2D eigenvalue weighted by Crippen LogP contribution is 2.35. The smallest absolute Gasteiger partial charge is 0.142 e. The van der Waals surface area contributed by atoms with Crippen LogP contribution in [-0.4, -0.2) is 19.3 Å². The molecule has 0 heterocycles. The van der Waals surface area contributed by atoms with Crippen LogP contribution in [0.25, 0.3) is 0 Å². The van der Waals surface area contributed by atoms with Crippen LogP contribution in [-0.2, 0) is 0 Å². The Bertz CT molecular complexity index is 554. The minimum absolute atomic E-state index is 0.0532. The molecular weight excluding hydrogens is 238 g/mol. The Balaban J connectivity index is 2.34. The molecule has 0 aliphatic heterocycles. The SMILES string of the molecule is COc1ccccc1N(C)C(C)c1ccccc1O. The zero-order chi connectivity index (χ0) is 13.8. The maximum Gasteiger partial charge on any atom is 0.142 e. The molecule has 3 heteroatoms. The number of anilines is 1. The fourth-order valence-electron chi connectivity index (χ4n) is 2.18. The first-order valence-corrected chi connectivity index (χ1v) is 6.29. The molecule has 0 aliphatic carbocycles. The summed E-state index contributed by atoms with van der Waals surface area (Å²) in [5.41, 5.74) is 1.90. The number of rotatable bonds is 4. The summed E-state index contributed by atoms with van der Waals surface area (Å²) in [6.07, 6.45) is 0. The fraction of sp³-hybridized carbons (Fsp3) is 0.250. The summed E-state index contributed by atoms with van der Waals surface area (Å²) in [6.45, 7) is 2.06. The van der Waals surface area contributed by atoms with Gasteiger partial charge in [-0.05, 0) is 25.1 Å². The molecule has 0 saturated heterocycles. The van der Waals surface area contributed by atoms with E-state index in [0.29, 0.717) is 5.75 Å². The topological polar surface area (TPSA) is 32.7 Å². The molecule has 0 saturated carbocycles. The van der Waals surface area contributed by atoms with Crippen LogP contribution in [0.5, 0.6) is 11.5 Å². The lowest BCUT2D eigenvalue weighted by molar-refractivity contribution is 0.413. The van der Waals surface area contributed by atoms with Gasteiger partial charge in [0.15, 0.2) is 0 Å². The Morgan fingerprint density at radius 1 is 1.05 bits per heavy atom. The van der Waals surface area contributed by atoms with Gasteiger partial charge in [-0.15, -0.1) is 0 Å². The van der Waals surface area contributed by atoms with Crippen LogP contribution in [0.3, 0.4) is 0 Å². The van der Waals surface area contributed by atoms with Gasteiger partial charge in [-0.3, -0.25) is 0 Å². The second kappa shape index (κ2) is 5.65. The normalized spacial score (nSPS) is 11.9. The molecule has 2 aromatic carbocycles. The number of hydrogen-bond acceptors (Lipinski definition) is 3. The second-order valence-electron chi connectivity index (χ2n) is 4.52. The molecule has 1 N–H and O–H groups in total. The van der Waals surface area contributed by atoms with Crippen molar-refractivity contribution in [3.63, 3.8) is 0 Å². The van der Waals surface area contributed by atoms with E-state index in [2.05, 4.69) is 11.8 Å². The van der Waals surface area contributed by atoms with E-state index in [1.807, 2.05) is 49.5 Å². The van der Waals surface area contributed by atoms with Gasteiger partial charge in [-0.25, -0.2) is 0 Å². The van der Waals surface area contributed by atoms with E-state index in [0.717, 1.165) is 17.0 Å². The van der Waals surface area contributed by atoms with Gasteiger partial charge in [0.25, 0.3) is 0 Å². The van der Waals surface area contributed by atoms with Crippen molar-refractivity contribution in [3.8, 4) is 11.5 Å². The van der Waals surface area contributed by atoms with Crippen molar-refractivity contribution in [1.82, 2.24) is 0 Å². The van der Waals surface area contributed by atoms with E-state index >= 15 is 0 Å². The molecule has 100 valence electrons. The minimum Gasteiger partial charge on any atom is -0.508 e. The van der Waals surface area contributed by atoms with Crippen molar-refractivity contribution in [3.05, 3.63) is 54.1 Å². The van der Waals surface area contributed by atoms with E-state index in [-0.39, 0.29) is 6.04 Å². The van der Waals surface area contributed by atoms with Crippen LogP contribution in [0, 0.1) is 0 Å². The Morgan fingerprint density at radius 2 is 1.68 bits per heavy atom. The predicted octanol–water partition coefficient (Wildman–Crippen LogP) is 3.60. The van der Waals surface area contributed by atoms with Gasteiger partial charge >= 0.3 is 0 Å². The van der Waals surface area contributed by atoms with Gasteiger partial charge in [0.05, 0.1) is 18.8 Å². The third-order valence-electron chi connectivity index (χ3n) is 3.43. The number of para-hydroxylation sites is 3. The van der Waals surface area contributed by atoms with Crippen LogP contribution < -0.4 is 9.64 Å². The zero-order valence-corrected chi connectivity index (χ0v) is 11.5. The standard InChI is InChI=1S/C16H19NO2/c1-12(13-8-4-6-10-15(13)18)17(2)14-9-5-7-11-16(14)19-3/h4-12,18H,1-3H3. The second-order valence-corrected chi connectivity index (χ2v) is 4.52. The molecule has 0 aliphatic rings. The number of nitrogens with zero attached hydrogens (tertiary/aromatic N) is 1. The van der Waals surface area contributed by atoms with Gasteiger partial charge in [0, 0.05) is 12.6 Å². The number of phenolic OH excluding ortho intramolecular Hbond substituents is 1. The lowest BCUT2D eigenvalue weighted by Gasteiger charge is -2.29. The summed E-state index contributed by atoms with van der Waals surface area (Å²) < 4.78 is 5.38. The predicted molar refractivity (Wildman–Crippen MR) is 77.9 cm³/mol. The van der Waals surface area contributed by atoms with Crippen LogP contribution in [0.1, 0.15) is 18.5 Å². The van der Waals surface area contributed by atoms with Crippen molar-refractivity contribution in [2.75, 3.05) is 19.1 Å². The average molecular weight is 257 g/mol. The van der Waals surface area contributed by atoms with E-state index in [1.165, 1.54) is 0 Å². The maximum absolute atomic E-state index is 9.95. The Kier molecular flexibility index (Phi) is 3.95. The van der Waals surface area contributed by atoms with Crippen molar-refractivity contribution in [2.24, 2.45) is 0 Å². The lowest BCUT2D eigenvalue weighted by Crippen LogP contribution is -2.22. The summed E-state index contributed by atoms with van der Waals surface area (Å²) in [4.78, 5) is 2.09. The van der Waals surface area contributed by atoms with Crippen LogP contribution >= 0.6 is 0 Å². The van der Waals surface area contributed by atoms with Crippen molar-refractivity contribution >= 4 is 5.69 Å². The molecule has 0 bridgehead atoms. The summed E-state index contributed by atoms with van der Waals surface area (Å²) in [5.74, 6) is 1.14. The van der Waals surface area contributed by atoms with Crippen LogP contribution in [0.15, 0.2) is 48.5 Å². The van der Waals surface area contributed by atoms with Gasteiger partial charge in [-0.2, -0.15) is 0 Å². The van der Waals surface area contributed by atoms with Gasteiger partial charge in [0.1, 0.15) is 11.5 Å². The first-order chi connectivity index (χ1) is 9.15. The summed E-state index contributed by atoms with van der Waals surface area (Å²) >= 11 is 0. The fourth-order valence-corrected chi connectivity index (χ4v) is 2.18. The molecule has 0 radical (unpaired) electrons. The summed E-state index contributed by atoms with van der Waals surface area (Å²) in [5, 5.41) is 9.95. The zero-order valence-electron chi connectivity index (χ0n) is 11.5. The average Bonchev–Trinajstić information content (AvgIpc) is 2.46. The van der Waals surface area contributed by atoms with Gasteiger partial charge in [-0.1, -0.05) is 30.3 Å². The lowest BCUT2D eigenvalue weighted by atomic mass is 10.1. The Morgan fingerprint density at radius 3 is 2.37 bits per heavy atom. The third kappa shape index (κ3) is 2.65. The molecule has 2 rings (SSSR count). The van der Waals surface area contributed by atoms with Gasteiger partial charge < -0.3 is 14.7 Å². The number of ether oxygens (including phenoxy) is 1. The third-order valence-corrected chi connectivity index (χ3v) is 3.43. The van der Waals surface area contributed by atoms with Crippen LogP contribution in [0.4, 0.5) is 5.69 Å².